The van der Waals surface area contributed by atoms with Crippen LogP contribution in [-0.2, 0) is 20.8 Å². The number of thiocarbonyl (C=S) groups is 1. The molecule has 1 unspecified atom stereocenters. The fourth-order valence-electron chi connectivity index (χ4n) is 5.70. The minimum atomic E-state index is -1.01. The van der Waals surface area contributed by atoms with E-state index in [1.54, 1.807) is 4.90 Å². The topological polar surface area (TPSA) is 99.0 Å². The largest absolute Gasteiger partial charge is 0.376 e. The van der Waals surface area contributed by atoms with Crippen molar-refractivity contribution in [2.45, 2.75) is 46.2 Å². The Morgan fingerprint density at radius 1 is 0.915 bits per heavy atom. The summed E-state index contributed by atoms with van der Waals surface area (Å²) < 4.78 is 0. The van der Waals surface area contributed by atoms with Crippen LogP contribution in [0.15, 0.2) is 109 Å². The minimum absolute atomic E-state index is 0.0330. The first kappa shape index (κ1) is 33.3. The Hall–Kier alpha value is -5.02. The van der Waals surface area contributed by atoms with E-state index in [9.17, 15) is 14.4 Å². The third-order valence-corrected chi connectivity index (χ3v) is 8.52. The molecule has 1 heterocycles. The van der Waals surface area contributed by atoms with E-state index in [0.717, 1.165) is 22.5 Å². The van der Waals surface area contributed by atoms with Crippen molar-refractivity contribution in [3.63, 3.8) is 0 Å². The van der Waals surface area contributed by atoms with E-state index in [-0.39, 0.29) is 36.3 Å². The molecule has 0 bridgehead atoms. The Morgan fingerprint density at radius 3 is 2.11 bits per heavy atom. The Bertz CT molecular complexity index is 1740. The fourth-order valence-corrected chi connectivity index (χ4v) is 5.94. The summed E-state index contributed by atoms with van der Waals surface area (Å²) in [4.78, 5) is 47.8. The summed E-state index contributed by atoms with van der Waals surface area (Å²) in [6.45, 7) is 7.48. The van der Waals surface area contributed by atoms with Crippen molar-refractivity contribution in [2.75, 3.05) is 27.8 Å². The van der Waals surface area contributed by atoms with E-state index in [1.807, 2.05) is 142 Å². The van der Waals surface area contributed by atoms with E-state index in [4.69, 9.17) is 18.0 Å². The molecule has 4 aromatic carbocycles. The highest BCUT2D eigenvalue weighted by Gasteiger charge is 2.39. The van der Waals surface area contributed by atoms with Crippen molar-refractivity contribution in [3.05, 3.63) is 120 Å². The average molecular weight is 648 g/mol. The monoisotopic (exact) mass is 647 g/mol. The van der Waals surface area contributed by atoms with Crippen molar-refractivity contribution in [1.82, 2.24) is 5.32 Å². The third kappa shape index (κ3) is 7.69. The Balaban J connectivity index is 1.59. The lowest BCUT2D eigenvalue weighted by Crippen LogP contribution is -2.59. The summed E-state index contributed by atoms with van der Waals surface area (Å²) in [6.07, 6.45) is 0.286. The van der Waals surface area contributed by atoms with Crippen LogP contribution in [0.25, 0.3) is 0 Å². The number of carbonyl (C=O) groups is 3. The highest BCUT2D eigenvalue weighted by atomic mass is 32.1. The number of hydrogen-bond donors (Lipinski definition) is 2. The number of nitrogens with zero attached hydrogens (tertiary/aromatic N) is 3. The van der Waals surface area contributed by atoms with Gasteiger partial charge in [0, 0.05) is 23.2 Å². The Kier molecular flexibility index (Phi) is 10.1. The second-order valence-corrected chi connectivity index (χ2v) is 13.3. The molecule has 0 aromatic heterocycles. The first-order chi connectivity index (χ1) is 22.4. The van der Waals surface area contributed by atoms with Crippen LogP contribution in [0.3, 0.4) is 0 Å². The number of para-hydroxylation sites is 2. The number of anilines is 4. The predicted molar refractivity (Wildman–Crippen MR) is 193 cm³/mol. The van der Waals surface area contributed by atoms with E-state index in [0.29, 0.717) is 11.4 Å². The average Bonchev–Trinajstić information content (AvgIpc) is 3.15. The molecule has 0 spiro atoms. The molecule has 0 fully saturated rings. The van der Waals surface area contributed by atoms with Gasteiger partial charge in [0.1, 0.15) is 12.1 Å². The van der Waals surface area contributed by atoms with Gasteiger partial charge in [-0.2, -0.15) is 0 Å². The molecule has 1 aliphatic heterocycles. The zero-order valence-electron chi connectivity index (χ0n) is 27.2. The smallest absolute Gasteiger partial charge is 0.251 e. The lowest BCUT2D eigenvalue weighted by molar-refractivity contribution is -0.129. The van der Waals surface area contributed by atoms with Crippen LogP contribution in [0.2, 0.25) is 0 Å². The lowest BCUT2D eigenvalue weighted by Gasteiger charge is -2.33. The molecule has 2 amide bonds. The number of rotatable bonds is 9. The molecular weight excluding hydrogens is 607 g/mol. The van der Waals surface area contributed by atoms with Crippen molar-refractivity contribution in [1.29, 1.82) is 0 Å². The van der Waals surface area contributed by atoms with Gasteiger partial charge in [0.15, 0.2) is 10.9 Å². The molecule has 4 aromatic rings. The van der Waals surface area contributed by atoms with Crippen LogP contribution >= 0.6 is 12.2 Å². The number of amides is 2. The number of nitrogens with one attached hydrogen (secondary N) is 1. The summed E-state index contributed by atoms with van der Waals surface area (Å²) in [6, 6.07) is 32.6. The molecular formula is C38H41N5O3S. The van der Waals surface area contributed by atoms with E-state index < -0.39 is 23.4 Å². The number of Topliss-reactive ketones (excluding diaryl/α,β-unsaturated/α-hetero) is 1. The number of aryl methyl sites for hydroxylation is 1. The van der Waals surface area contributed by atoms with Gasteiger partial charge < -0.3 is 25.8 Å². The van der Waals surface area contributed by atoms with Crippen molar-refractivity contribution < 1.29 is 14.4 Å². The summed E-state index contributed by atoms with van der Waals surface area (Å²) in [5, 5.41) is 3.12. The van der Waals surface area contributed by atoms with Crippen molar-refractivity contribution in [2.24, 2.45) is 11.1 Å². The highest BCUT2D eigenvalue weighted by Crippen LogP contribution is 2.38. The van der Waals surface area contributed by atoms with Gasteiger partial charge in [0.2, 0.25) is 5.91 Å². The standard InChI is InChI=1S/C38H41N5O3S/c1-26-20-21-31-32(22-26)42(25-34(44)38(2,3)4)36(46)30(24-41(31)28-16-10-6-11-17-28)40-35(45)33(23-27-14-8-5-9-15-27)43(37(39)47)29-18-12-7-13-19-29/h5-22,30,33H,23-25H2,1-4H3,(H2,39,47)(H,40,45)/t30?,33-/m0/s1. The molecule has 9 heteroatoms. The number of hydrogen-bond acceptors (Lipinski definition) is 5. The Morgan fingerprint density at radius 2 is 1.51 bits per heavy atom. The minimum Gasteiger partial charge on any atom is -0.376 e. The van der Waals surface area contributed by atoms with Gasteiger partial charge in [-0.25, -0.2) is 0 Å². The van der Waals surface area contributed by atoms with Crippen LogP contribution in [0, 0.1) is 12.3 Å². The van der Waals surface area contributed by atoms with Gasteiger partial charge in [0.25, 0.3) is 5.91 Å². The third-order valence-electron chi connectivity index (χ3n) is 8.32. The maximum Gasteiger partial charge on any atom is 0.251 e. The van der Waals surface area contributed by atoms with E-state index in [1.165, 1.54) is 4.90 Å². The number of benzene rings is 4. The molecule has 242 valence electrons. The summed E-state index contributed by atoms with van der Waals surface area (Å²) >= 11 is 5.51. The fraction of sp³-hybridized carbons (Fsp3) is 0.263. The summed E-state index contributed by atoms with van der Waals surface area (Å²) in [5.41, 5.74) is 10.4. The maximum absolute atomic E-state index is 14.6. The maximum atomic E-state index is 14.6. The second-order valence-electron chi connectivity index (χ2n) is 12.8. The quantitative estimate of drug-likeness (QED) is 0.217. The van der Waals surface area contributed by atoms with Crippen LogP contribution < -0.4 is 25.8 Å². The molecule has 47 heavy (non-hydrogen) atoms. The first-order valence-corrected chi connectivity index (χ1v) is 16.1. The molecule has 5 rings (SSSR count). The van der Waals surface area contributed by atoms with Gasteiger partial charge in [0.05, 0.1) is 24.5 Å². The molecule has 0 saturated heterocycles. The van der Waals surface area contributed by atoms with Crippen molar-refractivity contribution >= 4 is 57.7 Å². The predicted octanol–water partition coefficient (Wildman–Crippen LogP) is 5.94. The first-order valence-electron chi connectivity index (χ1n) is 15.7. The zero-order chi connectivity index (χ0) is 33.7. The number of nitrogens with two attached hydrogens (primary N) is 1. The van der Waals surface area contributed by atoms with Gasteiger partial charge >= 0.3 is 0 Å². The highest BCUT2D eigenvalue weighted by molar-refractivity contribution is 7.80. The molecule has 8 nitrogen and oxygen atoms in total. The van der Waals surface area contributed by atoms with Crippen molar-refractivity contribution in [3.8, 4) is 0 Å². The van der Waals surface area contributed by atoms with Crippen LogP contribution in [-0.4, -0.2) is 47.9 Å². The SMILES string of the molecule is Cc1ccc2c(c1)N(CC(=O)C(C)(C)C)C(=O)C(NC(=O)[C@H](Cc1ccccc1)N(C(N)=S)c1ccccc1)CN2c1ccccc1. The summed E-state index contributed by atoms with van der Waals surface area (Å²) in [7, 11) is 0. The molecule has 0 saturated carbocycles. The van der Waals surface area contributed by atoms with E-state index >= 15 is 0 Å². The lowest BCUT2D eigenvalue weighted by atomic mass is 9.90. The summed E-state index contributed by atoms with van der Waals surface area (Å²) in [5.74, 6) is -0.885. The Labute approximate surface area is 282 Å². The van der Waals surface area contributed by atoms with E-state index in [2.05, 4.69) is 5.32 Å². The van der Waals surface area contributed by atoms with Crippen LogP contribution in [0.1, 0.15) is 31.9 Å². The molecule has 0 radical (unpaired) electrons. The van der Waals surface area contributed by atoms with Gasteiger partial charge in [-0.3, -0.25) is 14.4 Å². The molecule has 0 aliphatic carbocycles. The number of fused-ring (bicyclic) bond motifs is 1. The molecule has 2 atom stereocenters. The number of ketones is 1. The van der Waals surface area contributed by atoms with Gasteiger partial charge in [-0.05, 0) is 66.7 Å². The number of carbonyl (C=O) groups excluding carboxylic acids is 3. The van der Waals surface area contributed by atoms with Gasteiger partial charge in [-0.15, -0.1) is 0 Å². The van der Waals surface area contributed by atoms with Gasteiger partial charge in [-0.1, -0.05) is 93.6 Å². The second kappa shape index (κ2) is 14.2. The molecule has 1 aliphatic rings. The van der Waals surface area contributed by atoms with Crippen LogP contribution in [0.5, 0.6) is 0 Å². The normalized spacial score (nSPS) is 15.3. The zero-order valence-corrected chi connectivity index (χ0v) is 28.0. The molecule has 3 N–H and O–H groups in total. The van der Waals surface area contributed by atoms with Crippen LogP contribution in [0.4, 0.5) is 22.7 Å².